The van der Waals surface area contributed by atoms with Gasteiger partial charge in [-0.2, -0.15) is 0 Å². The van der Waals surface area contributed by atoms with Crippen LogP contribution in [0.1, 0.15) is 28.0 Å². The zero-order chi connectivity index (χ0) is 24.8. The van der Waals surface area contributed by atoms with Gasteiger partial charge in [-0.25, -0.2) is 9.97 Å². The van der Waals surface area contributed by atoms with Crippen LogP contribution >= 0.6 is 11.3 Å². The number of benzene rings is 1. The number of thiophene rings is 1. The van der Waals surface area contributed by atoms with Crippen LogP contribution < -0.4 is 10.6 Å². The van der Waals surface area contributed by atoms with Crippen molar-refractivity contribution in [2.24, 2.45) is 0 Å². The van der Waals surface area contributed by atoms with E-state index in [2.05, 4.69) is 51.6 Å². The molecule has 2 aliphatic heterocycles. The average Bonchev–Trinajstić information content (AvgIpc) is 3.21. The van der Waals surface area contributed by atoms with Gasteiger partial charge >= 0.3 is 0 Å². The molecule has 8 heteroatoms. The number of nitrogens with zero attached hydrogens (tertiary/aromatic N) is 4. The maximum Gasteiger partial charge on any atom is 0.263 e. The van der Waals surface area contributed by atoms with Gasteiger partial charge in [-0.15, -0.1) is 17.8 Å². The number of nitrogens with one attached hydrogen (secondary N) is 2. The van der Waals surface area contributed by atoms with E-state index >= 15 is 0 Å². The molecule has 1 fully saturated rings. The molecule has 6 rings (SSSR count). The third kappa shape index (κ3) is 4.20. The van der Waals surface area contributed by atoms with Gasteiger partial charge in [0.1, 0.15) is 10.6 Å². The van der Waals surface area contributed by atoms with E-state index in [4.69, 9.17) is 16.4 Å². The second kappa shape index (κ2) is 9.17. The van der Waals surface area contributed by atoms with Gasteiger partial charge in [0.25, 0.3) is 5.91 Å². The number of amides is 1. The Balaban J connectivity index is 1.39. The standard InChI is InChI=1S/C28H28N6OS/c1-4-19-13-18(14-20(31-19)16-34-11-9-33(3)10-12-34)22-6-5-21-23(32-22)7-8-24-25(21)26-27(36-24)28(35)30-17(2)15-29-26/h1,5-8,13-14,17,29H,9-12,15-16H2,2-3H3,(H,30,35)/t17-/m1/s1. The van der Waals surface area contributed by atoms with Crippen LogP contribution in [0.4, 0.5) is 5.69 Å². The van der Waals surface area contributed by atoms with Gasteiger partial charge in [0.2, 0.25) is 0 Å². The van der Waals surface area contributed by atoms with Crippen LogP contribution in [0.5, 0.6) is 0 Å². The summed E-state index contributed by atoms with van der Waals surface area (Å²) in [4.78, 5) is 27.9. The molecule has 1 saturated heterocycles. The predicted molar refractivity (Wildman–Crippen MR) is 146 cm³/mol. The molecular weight excluding hydrogens is 468 g/mol. The lowest BCUT2D eigenvalue weighted by molar-refractivity contribution is 0.0949. The first kappa shape index (κ1) is 22.9. The Hall–Kier alpha value is -3.51. The van der Waals surface area contributed by atoms with Gasteiger partial charge in [0, 0.05) is 66.3 Å². The first-order valence-corrected chi connectivity index (χ1v) is 13.1. The molecule has 0 saturated carbocycles. The van der Waals surface area contributed by atoms with Gasteiger partial charge in [-0.05, 0) is 50.4 Å². The number of carbonyl (C=O) groups excluding carboxylic acids is 1. The minimum absolute atomic E-state index is 0.0205. The summed E-state index contributed by atoms with van der Waals surface area (Å²) in [6, 6.07) is 12.4. The molecule has 0 aliphatic carbocycles. The number of likely N-dealkylation sites (N-methyl/N-ethyl adjacent to an activating group) is 1. The van der Waals surface area contributed by atoms with Gasteiger partial charge in [-0.3, -0.25) is 9.69 Å². The monoisotopic (exact) mass is 496 g/mol. The molecule has 182 valence electrons. The van der Waals surface area contributed by atoms with Crippen LogP contribution in [0.3, 0.4) is 0 Å². The molecule has 4 aromatic rings. The lowest BCUT2D eigenvalue weighted by Gasteiger charge is -2.32. The third-order valence-corrected chi connectivity index (χ3v) is 8.15. The van der Waals surface area contributed by atoms with E-state index in [1.807, 2.05) is 25.1 Å². The molecule has 36 heavy (non-hydrogen) atoms. The topological polar surface area (TPSA) is 73.4 Å². The first-order chi connectivity index (χ1) is 17.5. The Kier molecular flexibility index (Phi) is 5.84. The van der Waals surface area contributed by atoms with Crippen LogP contribution in [-0.4, -0.2) is 71.5 Å². The number of fused-ring (bicyclic) bond motifs is 5. The van der Waals surface area contributed by atoms with Crippen molar-refractivity contribution in [1.29, 1.82) is 0 Å². The Morgan fingerprint density at radius 3 is 2.78 bits per heavy atom. The van der Waals surface area contributed by atoms with Gasteiger partial charge in [0.05, 0.1) is 22.6 Å². The lowest BCUT2D eigenvalue weighted by Crippen LogP contribution is -2.44. The Morgan fingerprint density at radius 1 is 1.14 bits per heavy atom. The second-order valence-electron chi connectivity index (χ2n) is 9.72. The number of anilines is 1. The molecule has 1 amide bonds. The summed E-state index contributed by atoms with van der Waals surface area (Å²) in [5, 5.41) is 8.64. The largest absolute Gasteiger partial charge is 0.381 e. The number of hydrogen-bond acceptors (Lipinski definition) is 7. The van der Waals surface area contributed by atoms with E-state index < -0.39 is 0 Å². The predicted octanol–water partition coefficient (Wildman–Crippen LogP) is 3.78. The quantitative estimate of drug-likeness (QED) is 0.421. The number of carbonyl (C=O) groups is 1. The maximum absolute atomic E-state index is 12.7. The maximum atomic E-state index is 12.7. The minimum atomic E-state index is -0.0205. The molecule has 1 aromatic carbocycles. The third-order valence-electron chi connectivity index (χ3n) is 6.99. The smallest absolute Gasteiger partial charge is 0.263 e. The van der Waals surface area contributed by atoms with E-state index in [0.717, 1.165) is 81.2 Å². The average molecular weight is 497 g/mol. The van der Waals surface area contributed by atoms with Crippen LogP contribution in [0.15, 0.2) is 36.4 Å². The number of rotatable bonds is 3. The number of terminal acetylenes is 1. The fourth-order valence-electron chi connectivity index (χ4n) is 5.01. The fourth-order valence-corrected chi connectivity index (χ4v) is 6.11. The van der Waals surface area contributed by atoms with Crippen molar-refractivity contribution >= 4 is 43.9 Å². The van der Waals surface area contributed by atoms with E-state index in [1.165, 1.54) is 11.3 Å². The first-order valence-electron chi connectivity index (χ1n) is 12.3. The number of hydrogen-bond donors (Lipinski definition) is 2. The summed E-state index contributed by atoms with van der Waals surface area (Å²) in [6.07, 6.45) is 5.76. The van der Waals surface area contributed by atoms with Crippen LogP contribution in [0.2, 0.25) is 0 Å². The van der Waals surface area contributed by atoms with E-state index in [1.54, 1.807) is 0 Å². The Bertz CT molecular complexity index is 1530. The van der Waals surface area contributed by atoms with E-state index in [9.17, 15) is 4.79 Å². The number of aromatic nitrogens is 2. The molecule has 7 nitrogen and oxygen atoms in total. The summed E-state index contributed by atoms with van der Waals surface area (Å²) in [7, 11) is 2.16. The summed E-state index contributed by atoms with van der Waals surface area (Å²) in [6.45, 7) is 7.63. The van der Waals surface area contributed by atoms with Gasteiger partial charge in [-0.1, -0.05) is 5.92 Å². The zero-order valence-corrected chi connectivity index (χ0v) is 21.3. The minimum Gasteiger partial charge on any atom is -0.381 e. The fraction of sp³-hybridized carbons (Fsp3) is 0.321. The van der Waals surface area contributed by atoms with Crippen LogP contribution in [0.25, 0.3) is 32.2 Å². The lowest BCUT2D eigenvalue weighted by atomic mass is 10.1. The van der Waals surface area contributed by atoms with E-state index in [-0.39, 0.29) is 11.9 Å². The second-order valence-corrected chi connectivity index (χ2v) is 10.8. The van der Waals surface area contributed by atoms with Gasteiger partial charge < -0.3 is 15.5 Å². The highest BCUT2D eigenvalue weighted by Crippen LogP contribution is 2.41. The van der Waals surface area contributed by atoms with Crippen molar-refractivity contribution in [1.82, 2.24) is 25.1 Å². The van der Waals surface area contributed by atoms with Crippen molar-refractivity contribution in [3.05, 3.63) is 52.7 Å². The molecule has 0 radical (unpaired) electrons. The highest BCUT2D eigenvalue weighted by Gasteiger charge is 2.25. The van der Waals surface area contributed by atoms with E-state index in [0.29, 0.717) is 12.2 Å². The molecule has 5 heterocycles. The Morgan fingerprint density at radius 2 is 1.97 bits per heavy atom. The molecular formula is C28H28N6OS. The Labute approximate surface area is 214 Å². The van der Waals surface area contributed by atoms with Crippen LogP contribution in [-0.2, 0) is 6.54 Å². The molecule has 2 N–H and O–H groups in total. The summed E-state index contributed by atoms with van der Waals surface area (Å²) < 4.78 is 1.08. The summed E-state index contributed by atoms with van der Waals surface area (Å²) >= 11 is 1.52. The summed E-state index contributed by atoms with van der Waals surface area (Å²) in [5.74, 6) is 2.70. The van der Waals surface area contributed by atoms with Crippen molar-refractivity contribution in [2.75, 3.05) is 45.1 Å². The van der Waals surface area contributed by atoms with Crippen LogP contribution in [0, 0.1) is 12.3 Å². The highest BCUT2D eigenvalue weighted by molar-refractivity contribution is 7.21. The normalized spacial score (nSPS) is 18.9. The number of pyridine rings is 2. The van der Waals surface area contributed by atoms with Crippen molar-refractivity contribution in [3.63, 3.8) is 0 Å². The molecule has 0 bridgehead atoms. The van der Waals surface area contributed by atoms with Gasteiger partial charge in [0.15, 0.2) is 0 Å². The molecule has 0 unspecified atom stereocenters. The SMILES string of the molecule is C#Cc1cc(-c2ccc3c(ccc4sc5c(c43)NC[C@@H](C)NC5=O)n2)cc(CN2CCN(C)CC2)n1. The molecule has 2 aliphatic rings. The zero-order valence-electron chi connectivity index (χ0n) is 20.5. The highest BCUT2D eigenvalue weighted by atomic mass is 32.1. The molecule has 1 atom stereocenters. The molecule has 3 aromatic heterocycles. The van der Waals surface area contributed by atoms with Crippen molar-refractivity contribution in [3.8, 4) is 23.6 Å². The van der Waals surface area contributed by atoms with Crippen molar-refractivity contribution in [2.45, 2.75) is 19.5 Å². The number of piperazine rings is 1. The molecule has 0 spiro atoms. The van der Waals surface area contributed by atoms with Crippen molar-refractivity contribution < 1.29 is 4.79 Å². The summed E-state index contributed by atoms with van der Waals surface area (Å²) in [5.41, 5.74) is 5.22.